The van der Waals surface area contributed by atoms with Crippen LogP contribution in [-0.2, 0) is 21.6 Å². The van der Waals surface area contributed by atoms with Crippen molar-refractivity contribution in [1.29, 1.82) is 0 Å². The molecule has 2 amide bonds. The molecule has 2 N–H and O–H groups in total. The summed E-state index contributed by atoms with van der Waals surface area (Å²) in [5, 5.41) is 5.21. The molecule has 144 valence electrons. The summed E-state index contributed by atoms with van der Waals surface area (Å²) >= 11 is 5.50. The van der Waals surface area contributed by atoms with Crippen molar-refractivity contribution in [3.8, 4) is 11.5 Å². The molecule has 0 unspecified atom stereocenters. The number of para-hydroxylation sites is 2. The quantitative estimate of drug-likeness (QED) is 0.690. The van der Waals surface area contributed by atoms with E-state index in [9.17, 15) is 13.2 Å². The summed E-state index contributed by atoms with van der Waals surface area (Å²) in [6.45, 7) is -3.29. The van der Waals surface area contributed by atoms with E-state index >= 15 is 0 Å². The Balaban J connectivity index is 1.73. The molecule has 1 saturated heterocycles. The van der Waals surface area contributed by atoms with Crippen molar-refractivity contribution >= 4 is 34.3 Å². The van der Waals surface area contributed by atoms with Gasteiger partial charge in [0.2, 0.25) is 0 Å². The van der Waals surface area contributed by atoms with Crippen molar-refractivity contribution < 1.29 is 22.3 Å². The smallest absolute Gasteiger partial charge is 0.396 e. The fourth-order valence-electron chi connectivity index (χ4n) is 2.56. The number of hydrogen-bond donors (Lipinski definition) is 2. The fourth-order valence-corrected chi connectivity index (χ4v) is 6.23. The molecule has 1 heterocycles. The van der Waals surface area contributed by atoms with Gasteiger partial charge in [0, 0.05) is 17.8 Å². The fraction of sp³-hybridized carbons (Fsp3) is 0.235. The average Bonchev–Trinajstić information content (AvgIpc) is 2.94. The molecule has 0 saturated carbocycles. The summed E-state index contributed by atoms with van der Waals surface area (Å²) in [5.74, 6) is 0.899. The average molecular weight is 426 g/mol. The normalized spacial score (nSPS) is 18.4. The summed E-state index contributed by atoms with van der Waals surface area (Å²) in [7, 11) is -3.10. The SMILES string of the molecule is O=C(N[C@H]1CCS(=O)(=O)C1)NP(=S)(Oc1ccccc1)Oc1ccccc1. The molecule has 0 aliphatic carbocycles. The zero-order valence-corrected chi connectivity index (χ0v) is 16.8. The van der Waals surface area contributed by atoms with Crippen molar-refractivity contribution in [2.75, 3.05) is 11.5 Å². The number of rotatable bonds is 6. The van der Waals surface area contributed by atoms with Gasteiger partial charge in [-0.05, 0) is 30.7 Å². The van der Waals surface area contributed by atoms with E-state index in [-0.39, 0.29) is 11.5 Å². The third-order valence-electron chi connectivity index (χ3n) is 3.74. The standard InChI is InChI=1S/C17H19N2O5PS2/c20-17(18-14-11-12-27(21,22)13-14)19-25(26,23-15-7-3-1-4-8-15)24-16-9-5-2-6-10-16/h1-10,14H,11-13H2,(H2,18,19,20,26)/t14-/m0/s1. The van der Waals surface area contributed by atoms with Crippen LogP contribution < -0.4 is 19.5 Å². The highest BCUT2D eigenvalue weighted by Crippen LogP contribution is 2.45. The van der Waals surface area contributed by atoms with Gasteiger partial charge in [0.05, 0.1) is 11.5 Å². The molecule has 10 heteroatoms. The Morgan fingerprint density at radius 3 is 1.96 bits per heavy atom. The van der Waals surface area contributed by atoms with Crippen molar-refractivity contribution in [2.24, 2.45) is 0 Å². The first kappa shape index (κ1) is 19.7. The van der Waals surface area contributed by atoms with Crippen molar-refractivity contribution in [2.45, 2.75) is 12.5 Å². The van der Waals surface area contributed by atoms with Gasteiger partial charge in [-0.15, -0.1) is 0 Å². The molecule has 2 aromatic carbocycles. The molecule has 3 rings (SSSR count). The van der Waals surface area contributed by atoms with Gasteiger partial charge < -0.3 is 14.4 Å². The molecule has 0 bridgehead atoms. The maximum Gasteiger partial charge on any atom is 0.396 e. The molecule has 1 aliphatic heterocycles. The number of hydrogen-bond acceptors (Lipinski definition) is 6. The lowest BCUT2D eigenvalue weighted by Crippen LogP contribution is -2.42. The Bertz CT molecular complexity index is 893. The zero-order chi connectivity index (χ0) is 19.3. The second-order valence-electron chi connectivity index (χ2n) is 5.99. The first-order chi connectivity index (χ1) is 12.8. The lowest BCUT2D eigenvalue weighted by Gasteiger charge is -2.24. The molecule has 7 nitrogen and oxygen atoms in total. The third-order valence-corrected chi connectivity index (χ3v) is 7.61. The minimum atomic E-state index is -3.29. The third kappa shape index (κ3) is 5.95. The van der Waals surface area contributed by atoms with E-state index in [0.29, 0.717) is 17.9 Å². The number of urea groups is 1. The van der Waals surface area contributed by atoms with Crippen molar-refractivity contribution in [1.82, 2.24) is 10.4 Å². The van der Waals surface area contributed by atoms with E-state index in [1.165, 1.54) is 0 Å². The van der Waals surface area contributed by atoms with Crippen LogP contribution in [0.2, 0.25) is 0 Å². The topological polar surface area (TPSA) is 93.7 Å². The Morgan fingerprint density at radius 1 is 1.00 bits per heavy atom. The maximum absolute atomic E-state index is 12.4. The van der Waals surface area contributed by atoms with Crippen LogP contribution in [0.25, 0.3) is 0 Å². The van der Waals surface area contributed by atoms with Gasteiger partial charge in [0.25, 0.3) is 0 Å². The predicted octanol–water partition coefficient (Wildman–Crippen LogP) is 2.86. The molecule has 0 radical (unpaired) electrons. The molecular formula is C17H19N2O5PS2. The Labute approximate surface area is 163 Å². The minimum Gasteiger partial charge on any atom is -0.420 e. The van der Waals surface area contributed by atoms with Crippen molar-refractivity contribution in [3.63, 3.8) is 0 Å². The largest absolute Gasteiger partial charge is 0.420 e. The molecule has 1 fully saturated rings. The monoisotopic (exact) mass is 426 g/mol. The molecule has 0 aromatic heterocycles. The Kier molecular flexibility index (Phi) is 6.04. The van der Waals surface area contributed by atoms with Crippen molar-refractivity contribution in [3.05, 3.63) is 60.7 Å². The molecule has 2 aromatic rings. The number of carbonyl (C=O) groups is 1. The first-order valence-electron chi connectivity index (χ1n) is 8.22. The summed E-state index contributed by atoms with van der Waals surface area (Å²) < 4.78 is 34.7. The molecule has 1 atom stereocenters. The van der Waals surface area contributed by atoms with Crippen LogP contribution in [0.5, 0.6) is 11.5 Å². The second-order valence-corrected chi connectivity index (χ2v) is 11.2. The van der Waals surface area contributed by atoms with Crippen LogP contribution >= 0.6 is 6.64 Å². The maximum atomic E-state index is 12.4. The first-order valence-corrected chi connectivity index (χ1v) is 12.7. The van der Waals surface area contributed by atoms with Gasteiger partial charge in [-0.25, -0.2) is 18.3 Å². The van der Waals surface area contributed by atoms with E-state index in [1.807, 2.05) is 12.1 Å². The predicted molar refractivity (Wildman–Crippen MR) is 107 cm³/mol. The summed E-state index contributed by atoms with van der Waals surface area (Å²) in [4.78, 5) is 12.4. The van der Waals surface area contributed by atoms with Crippen LogP contribution in [0.15, 0.2) is 60.7 Å². The highest BCUT2D eigenvalue weighted by molar-refractivity contribution is 8.09. The molecule has 1 aliphatic rings. The van der Waals surface area contributed by atoms with Gasteiger partial charge in [0.15, 0.2) is 9.84 Å². The van der Waals surface area contributed by atoms with Gasteiger partial charge in [-0.2, -0.15) is 0 Å². The van der Waals surface area contributed by atoms with Gasteiger partial charge in [-0.1, -0.05) is 36.4 Å². The molecule has 0 spiro atoms. The Hall–Kier alpha value is -2.09. The Morgan fingerprint density at radius 2 is 1.52 bits per heavy atom. The van der Waals surface area contributed by atoms with Crippen LogP contribution in [-0.4, -0.2) is 32.0 Å². The van der Waals surface area contributed by atoms with Crippen LogP contribution in [0.4, 0.5) is 4.79 Å². The molecular weight excluding hydrogens is 407 g/mol. The number of nitrogens with one attached hydrogen (secondary N) is 2. The second kappa shape index (κ2) is 8.29. The summed E-state index contributed by atoms with van der Waals surface area (Å²) in [5.41, 5.74) is 0. The van der Waals surface area contributed by atoms with Crippen LogP contribution in [0.1, 0.15) is 6.42 Å². The lowest BCUT2D eigenvalue weighted by atomic mass is 10.3. The minimum absolute atomic E-state index is 0.0626. The van der Waals surface area contributed by atoms with Gasteiger partial charge >= 0.3 is 12.7 Å². The number of carbonyl (C=O) groups excluding carboxylic acids is 1. The zero-order valence-electron chi connectivity index (χ0n) is 14.3. The highest BCUT2D eigenvalue weighted by atomic mass is 32.5. The van der Waals surface area contributed by atoms with E-state index in [0.717, 1.165) is 0 Å². The summed E-state index contributed by atoms with van der Waals surface area (Å²) in [6, 6.07) is 16.5. The van der Waals surface area contributed by atoms with Crippen LogP contribution in [0.3, 0.4) is 0 Å². The van der Waals surface area contributed by atoms with Crippen LogP contribution in [0, 0.1) is 0 Å². The summed E-state index contributed by atoms with van der Waals surface area (Å²) in [6.07, 6.45) is 0.373. The van der Waals surface area contributed by atoms with E-state index in [1.54, 1.807) is 48.5 Å². The number of benzene rings is 2. The number of amides is 2. The number of sulfone groups is 1. The van der Waals surface area contributed by atoms with Gasteiger partial charge in [0.1, 0.15) is 11.5 Å². The lowest BCUT2D eigenvalue weighted by molar-refractivity contribution is 0.242. The molecule has 27 heavy (non-hydrogen) atoms. The van der Waals surface area contributed by atoms with E-state index in [2.05, 4.69) is 10.4 Å². The highest BCUT2D eigenvalue weighted by Gasteiger charge is 2.31. The van der Waals surface area contributed by atoms with E-state index in [4.69, 9.17) is 20.9 Å². The van der Waals surface area contributed by atoms with Gasteiger partial charge in [-0.3, -0.25) is 0 Å². The van der Waals surface area contributed by atoms with E-state index < -0.39 is 28.6 Å².